The number of hydrogen-bond acceptors (Lipinski definition) is 4. The molecule has 108 valence electrons. The van der Waals surface area contributed by atoms with Gasteiger partial charge in [0.25, 0.3) is 0 Å². The van der Waals surface area contributed by atoms with Gasteiger partial charge in [0.2, 0.25) is 10.0 Å². The van der Waals surface area contributed by atoms with Crippen LogP contribution in [-0.2, 0) is 21.4 Å². The van der Waals surface area contributed by atoms with Crippen molar-refractivity contribution < 1.29 is 18.3 Å². The SMILES string of the molecule is COCCCCNS(=O)(=O)c1cc(CO)ccc1C. The van der Waals surface area contributed by atoms with Crippen LogP contribution in [0.5, 0.6) is 0 Å². The number of hydrogen-bond donors (Lipinski definition) is 2. The van der Waals surface area contributed by atoms with Crippen LogP contribution >= 0.6 is 0 Å². The Morgan fingerprint density at radius 1 is 1.32 bits per heavy atom. The lowest BCUT2D eigenvalue weighted by Gasteiger charge is -2.10. The van der Waals surface area contributed by atoms with Crippen LogP contribution in [0.15, 0.2) is 23.1 Å². The van der Waals surface area contributed by atoms with Crippen LogP contribution in [0.25, 0.3) is 0 Å². The zero-order valence-electron chi connectivity index (χ0n) is 11.3. The van der Waals surface area contributed by atoms with Gasteiger partial charge in [-0.3, -0.25) is 0 Å². The highest BCUT2D eigenvalue weighted by molar-refractivity contribution is 7.89. The maximum absolute atomic E-state index is 12.1. The topological polar surface area (TPSA) is 75.6 Å². The summed E-state index contributed by atoms with van der Waals surface area (Å²) in [4.78, 5) is 0.228. The van der Waals surface area contributed by atoms with E-state index in [0.717, 1.165) is 12.8 Å². The van der Waals surface area contributed by atoms with Crippen molar-refractivity contribution in [2.45, 2.75) is 31.3 Å². The summed E-state index contributed by atoms with van der Waals surface area (Å²) in [6.45, 7) is 2.58. The Morgan fingerprint density at radius 2 is 2.05 bits per heavy atom. The number of sulfonamides is 1. The number of aryl methyl sites for hydroxylation is 1. The van der Waals surface area contributed by atoms with Gasteiger partial charge in [-0.1, -0.05) is 12.1 Å². The third-order valence-corrected chi connectivity index (χ3v) is 4.39. The molecule has 6 heteroatoms. The number of methoxy groups -OCH3 is 1. The molecule has 0 aromatic heterocycles. The highest BCUT2D eigenvalue weighted by atomic mass is 32.2. The summed E-state index contributed by atoms with van der Waals surface area (Å²) in [6.07, 6.45) is 1.54. The predicted molar refractivity (Wildman–Crippen MR) is 73.4 cm³/mol. The lowest BCUT2D eigenvalue weighted by molar-refractivity contribution is 0.193. The minimum atomic E-state index is -3.51. The summed E-state index contributed by atoms with van der Waals surface area (Å²) in [5, 5.41) is 9.06. The van der Waals surface area contributed by atoms with Crippen LogP contribution in [0.4, 0.5) is 0 Å². The van der Waals surface area contributed by atoms with Gasteiger partial charge in [0.1, 0.15) is 0 Å². The normalized spacial score (nSPS) is 11.7. The largest absolute Gasteiger partial charge is 0.392 e. The second kappa shape index (κ2) is 7.59. The van der Waals surface area contributed by atoms with E-state index in [4.69, 9.17) is 9.84 Å². The second-order valence-electron chi connectivity index (χ2n) is 4.36. The number of benzene rings is 1. The van der Waals surface area contributed by atoms with E-state index in [9.17, 15) is 8.42 Å². The van der Waals surface area contributed by atoms with Gasteiger partial charge < -0.3 is 9.84 Å². The highest BCUT2D eigenvalue weighted by Crippen LogP contribution is 2.17. The maximum atomic E-state index is 12.1. The van der Waals surface area contributed by atoms with E-state index >= 15 is 0 Å². The average molecular weight is 287 g/mol. The molecule has 0 aliphatic rings. The molecule has 0 amide bonds. The standard InChI is InChI=1S/C13H21NO4S/c1-11-5-6-12(10-15)9-13(11)19(16,17)14-7-3-4-8-18-2/h5-6,9,14-15H,3-4,7-8,10H2,1-2H3. The molecule has 0 fully saturated rings. The van der Waals surface area contributed by atoms with Gasteiger partial charge in [-0.15, -0.1) is 0 Å². The maximum Gasteiger partial charge on any atom is 0.240 e. The molecule has 0 bridgehead atoms. The van der Waals surface area contributed by atoms with Crippen LogP contribution in [0.3, 0.4) is 0 Å². The van der Waals surface area contributed by atoms with Crippen molar-refractivity contribution >= 4 is 10.0 Å². The molecule has 0 aliphatic carbocycles. The van der Waals surface area contributed by atoms with Gasteiger partial charge in [-0.25, -0.2) is 13.1 Å². The molecule has 1 rings (SSSR count). The van der Waals surface area contributed by atoms with E-state index in [-0.39, 0.29) is 11.5 Å². The van der Waals surface area contributed by atoms with Gasteiger partial charge in [0.05, 0.1) is 11.5 Å². The van der Waals surface area contributed by atoms with E-state index in [0.29, 0.717) is 24.3 Å². The molecule has 0 unspecified atom stereocenters. The molecule has 1 aromatic carbocycles. The van der Waals surface area contributed by atoms with E-state index in [1.54, 1.807) is 26.2 Å². The van der Waals surface area contributed by atoms with Gasteiger partial charge in [-0.2, -0.15) is 0 Å². The molecular weight excluding hydrogens is 266 g/mol. The summed E-state index contributed by atoms with van der Waals surface area (Å²) in [5.41, 5.74) is 1.26. The van der Waals surface area contributed by atoms with Crippen LogP contribution < -0.4 is 4.72 Å². The molecule has 0 saturated carbocycles. The van der Waals surface area contributed by atoms with E-state index in [1.807, 2.05) is 0 Å². The fourth-order valence-corrected chi connectivity index (χ4v) is 3.06. The molecule has 0 aliphatic heterocycles. The lowest BCUT2D eigenvalue weighted by atomic mass is 10.2. The number of unbranched alkanes of at least 4 members (excludes halogenated alkanes) is 1. The van der Waals surface area contributed by atoms with Crippen LogP contribution in [0.2, 0.25) is 0 Å². The van der Waals surface area contributed by atoms with Crippen molar-refractivity contribution in [2.75, 3.05) is 20.3 Å². The van der Waals surface area contributed by atoms with Gasteiger partial charge in [-0.05, 0) is 37.0 Å². The summed E-state index contributed by atoms with van der Waals surface area (Å²) in [5.74, 6) is 0. The Morgan fingerprint density at radius 3 is 2.68 bits per heavy atom. The number of aliphatic hydroxyl groups excluding tert-OH is 1. The Balaban J connectivity index is 2.71. The third kappa shape index (κ3) is 4.91. The third-order valence-electron chi connectivity index (χ3n) is 2.79. The van der Waals surface area contributed by atoms with E-state index in [1.165, 1.54) is 6.07 Å². The van der Waals surface area contributed by atoms with E-state index in [2.05, 4.69) is 4.72 Å². The molecule has 19 heavy (non-hydrogen) atoms. The van der Waals surface area contributed by atoms with E-state index < -0.39 is 10.0 Å². The lowest BCUT2D eigenvalue weighted by Crippen LogP contribution is -2.25. The zero-order valence-corrected chi connectivity index (χ0v) is 12.2. The molecule has 2 N–H and O–H groups in total. The minimum absolute atomic E-state index is 0.170. The van der Waals surface area contributed by atoms with Crippen molar-refractivity contribution in [3.05, 3.63) is 29.3 Å². The van der Waals surface area contributed by atoms with Gasteiger partial charge >= 0.3 is 0 Å². The van der Waals surface area contributed by atoms with Crippen LogP contribution in [0.1, 0.15) is 24.0 Å². The fraction of sp³-hybridized carbons (Fsp3) is 0.538. The Hall–Kier alpha value is -0.950. The van der Waals surface area contributed by atoms with Crippen molar-refractivity contribution in [3.63, 3.8) is 0 Å². The van der Waals surface area contributed by atoms with Crippen LogP contribution in [-0.4, -0.2) is 33.8 Å². The van der Waals surface area contributed by atoms with Crippen molar-refractivity contribution in [3.8, 4) is 0 Å². The number of aliphatic hydroxyl groups is 1. The second-order valence-corrected chi connectivity index (χ2v) is 6.09. The molecule has 0 heterocycles. The van der Waals surface area contributed by atoms with Crippen LogP contribution in [0, 0.1) is 6.92 Å². The smallest absolute Gasteiger partial charge is 0.240 e. The molecule has 0 spiro atoms. The summed E-state index contributed by atoms with van der Waals surface area (Å²) >= 11 is 0. The average Bonchev–Trinajstić information content (AvgIpc) is 2.39. The van der Waals surface area contributed by atoms with Crippen molar-refractivity contribution in [2.24, 2.45) is 0 Å². The predicted octanol–water partition coefficient (Wildman–Crippen LogP) is 1.19. The first-order chi connectivity index (χ1) is 9.01. The number of nitrogens with one attached hydrogen (secondary N) is 1. The highest BCUT2D eigenvalue weighted by Gasteiger charge is 2.16. The zero-order chi connectivity index (χ0) is 14.3. The summed E-state index contributed by atoms with van der Waals surface area (Å²) in [6, 6.07) is 4.92. The number of ether oxygens (including phenoxy) is 1. The molecule has 5 nitrogen and oxygen atoms in total. The van der Waals surface area contributed by atoms with Crippen molar-refractivity contribution in [1.82, 2.24) is 4.72 Å². The fourth-order valence-electron chi connectivity index (χ4n) is 1.69. The van der Waals surface area contributed by atoms with Crippen molar-refractivity contribution in [1.29, 1.82) is 0 Å². The first-order valence-electron chi connectivity index (χ1n) is 6.20. The molecule has 0 radical (unpaired) electrons. The molecular formula is C13H21NO4S. The molecule has 0 atom stereocenters. The Labute approximate surface area is 114 Å². The van der Waals surface area contributed by atoms with Gasteiger partial charge in [0, 0.05) is 20.3 Å². The first-order valence-corrected chi connectivity index (χ1v) is 7.68. The Kier molecular flexibility index (Phi) is 6.44. The first kappa shape index (κ1) is 16.1. The summed E-state index contributed by atoms with van der Waals surface area (Å²) in [7, 11) is -1.89. The Bertz CT molecular complexity index is 499. The quantitative estimate of drug-likeness (QED) is 0.704. The van der Waals surface area contributed by atoms with Gasteiger partial charge in [0.15, 0.2) is 0 Å². The minimum Gasteiger partial charge on any atom is -0.392 e. The molecule has 1 aromatic rings. The monoisotopic (exact) mass is 287 g/mol. The molecule has 0 saturated heterocycles. The number of rotatable bonds is 8. The summed E-state index contributed by atoms with van der Waals surface area (Å²) < 4.78 is 31.7.